The number of fused-ring (bicyclic) bond motifs is 6. The molecule has 0 nitrogen and oxygen atoms in total. The van der Waals surface area contributed by atoms with Crippen LogP contribution in [-0.4, -0.2) is 0 Å². The quantitative estimate of drug-likeness (QED) is 0.165. The molecule has 0 bridgehead atoms. The molecule has 0 N–H and O–H groups in total. The summed E-state index contributed by atoms with van der Waals surface area (Å²) in [6.07, 6.45) is 0. The van der Waals surface area contributed by atoms with Crippen LogP contribution in [0.5, 0.6) is 0 Å². The van der Waals surface area contributed by atoms with Gasteiger partial charge in [0.1, 0.15) is 0 Å². The Morgan fingerprint density at radius 2 is 0.712 bits per heavy atom. The van der Waals surface area contributed by atoms with Crippen LogP contribution < -0.4 is 0 Å². The molecular weight excluding hydrogens is 625 g/mol. The van der Waals surface area contributed by atoms with Crippen LogP contribution in [0.4, 0.5) is 0 Å². The summed E-state index contributed by atoms with van der Waals surface area (Å²) in [4.78, 5) is 0. The Labute approximate surface area is 305 Å². The predicted molar refractivity (Wildman–Crippen MR) is 222 cm³/mol. The van der Waals surface area contributed by atoms with Crippen molar-refractivity contribution in [3.8, 4) is 55.6 Å². The van der Waals surface area contributed by atoms with Crippen LogP contribution in [0.2, 0.25) is 0 Å². The van der Waals surface area contributed by atoms with E-state index in [0.29, 0.717) is 0 Å². The van der Waals surface area contributed by atoms with Crippen molar-refractivity contribution < 1.29 is 0 Å². The van der Waals surface area contributed by atoms with Gasteiger partial charge in [0.25, 0.3) is 0 Å². The summed E-state index contributed by atoms with van der Waals surface area (Å²) in [5.74, 6) is 0. The molecule has 0 heterocycles. The second-order valence-electron chi connectivity index (χ2n) is 16.1. The molecule has 0 heteroatoms. The Kier molecular flexibility index (Phi) is 5.89. The van der Waals surface area contributed by atoms with Crippen molar-refractivity contribution in [3.63, 3.8) is 0 Å². The lowest BCUT2D eigenvalue weighted by Gasteiger charge is -2.23. The van der Waals surface area contributed by atoms with Crippen LogP contribution in [-0.2, 0) is 10.8 Å². The van der Waals surface area contributed by atoms with Gasteiger partial charge >= 0.3 is 0 Å². The number of benzene rings is 9. The Hall–Kier alpha value is -5.98. The minimum atomic E-state index is -0.107. The summed E-state index contributed by atoms with van der Waals surface area (Å²) in [5, 5.41) is 7.97. The second-order valence-corrected chi connectivity index (χ2v) is 16.1. The summed E-state index contributed by atoms with van der Waals surface area (Å²) in [6.45, 7) is 9.51. The second kappa shape index (κ2) is 10.3. The Morgan fingerprint density at radius 3 is 1.33 bits per heavy atom. The highest BCUT2D eigenvalue weighted by molar-refractivity contribution is 6.25. The van der Waals surface area contributed by atoms with E-state index in [9.17, 15) is 0 Å². The molecule has 0 spiro atoms. The van der Waals surface area contributed by atoms with Crippen molar-refractivity contribution in [3.05, 3.63) is 180 Å². The van der Waals surface area contributed by atoms with Gasteiger partial charge in [-0.3, -0.25) is 0 Å². The van der Waals surface area contributed by atoms with Gasteiger partial charge in [-0.25, -0.2) is 0 Å². The molecule has 0 atom stereocenters. The highest BCUT2D eigenvalue weighted by atomic mass is 14.4. The lowest BCUT2D eigenvalue weighted by molar-refractivity contribution is 0.659. The zero-order chi connectivity index (χ0) is 34.9. The van der Waals surface area contributed by atoms with Crippen molar-refractivity contribution in [2.45, 2.75) is 38.5 Å². The van der Waals surface area contributed by atoms with Crippen LogP contribution in [0.25, 0.3) is 88.0 Å². The Morgan fingerprint density at radius 1 is 0.288 bits per heavy atom. The van der Waals surface area contributed by atoms with Gasteiger partial charge in [-0.2, -0.15) is 0 Å². The van der Waals surface area contributed by atoms with Crippen molar-refractivity contribution in [2.75, 3.05) is 0 Å². The van der Waals surface area contributed by atoms with Crippen LogP contribution in [0, 0.1) is 0 Å². The van der Waals surface area contributed by atoms with Crippen LogP contribution in [0.1, 0.15) is 49.9 Å². The average molecular weight is 663 g/mol. The van der Waals surface area contributed by atoms with Gasteiger partial charge in [-0.05, 0) is 128 Å². The maximum Gasteiger partial charge on any atom is 0.0159 e. The molecule has 0 amide bonds. The Bertz CT molecular complexity index is 2920. The molecule has 2 aliphatic rings. The zero-order valence-corrected chi connectivity index (χ0v) is 30.0. The molecule has 9 aromatic rings. The first kappa shape index (κ1) is 29.7. The largest absolute Gasteiger partial charge is 0.0619 e. The highest BCUT2D eigenvalue weighted by Crippen LogP contribution is 2.52. The van der Waals surface area contributed by atoms with E-state index in [-0.39, 0.29) is 10.8 Å². The summed E-state index contributed by atoms with van der Waals surface area (Å²) in [7, 11) is 0. The van der Waals surface area contributed by atoms with Crippen LogP contribution >= 0.6 is 0 Å². The first-order valence-electron chi connectivity index (χ1n) is 18.6. The van der Waals surface area contributed by atoms with Crippen molar-refractivity contribution in [1.82, 2.24) is 0 Å². The van der Waals surface area contributed by atoms with Crippen molar-refractivity contribution in [1.29, 1.82) is 0 Å². The third-order valence-electron chi connectivity index (χ3n) is 12.7. The smallest absolute Gasteiger partial charge is 0.0159 e. The fourth-order valence-corrected chi connectivity index (χ4v) is 9.81. The van der Waals surface area contributed by atoms with Crippen molar-refractivity contribution in [2.24, 2.45) is 0 Å². The first-order valence-corrected chi connectivity index (χ1v) is 18.6. The van der Waals surface area contributed by atoms with E-state index in [1.54, 1.807) is 0 Å². The van der Waals surface area contributed by atoms with Gasteiger partial charge in [-0.15, -0.1) is 0 Å². The minimum Gasteiger partial charge on any atom is -0.0619 e. The highest BCUT2D eigenvalue weighted by Gasteiger charge is 2.37. The SMILES string of the molecule is CC1(C)c2ccccc2-c2ccc(-c3ccc4c(c3)C(C)(C)c3cc(-c5ccc(-c6ccc7ccc8cccc9ccc6c7c89)cc5)ccc3-4)cc21. The monoisotopic (exact) mass is 662 g/mol. The van der Waals surface area contributed by atoms with Crippen LogP contribution in [0.15, 0.2) is 158 Å². The number of rotatable bonds is 3. The van der Waals surface area contributed by atoms with Gasteiger partial charge in [0.2, 0.25) is 0 Å². The standard InChI is InChI=1S/C52H38/c1-51(2)45-11-6-5-10-40(45)41-25-21-37(29-46(41)51)38-22-26-43-42-24-20-36(28-47(42)52(3,4)48(43)30-38)31-12-14-32(15-13-31)39-23-18-35-17-16-33-8-7-9-34-19-27-44(39)50(35)49(33)34/h5-30H,1-4H3. The first-order chi connectivity index (χ1) is 25.3. The number of hydrogen-bond acceptors (Lipinski definition) is 0. The molecule has 9 aromatic carbocycles. The lowest BCUT2D eigenvalue weighted by Crippen LogP contribution is -2.15. The summed E-state index contributed by atoms with van der Waals surface area (Å²) in [5.41, 5.74) is 18.6. The van der Waals surface area contributed by atoms with Gasteiger partial charge < -0.3 is 0 Å². The normalized spacial score (nSPS) is 14.8. The molecule has 52 heavy (non-hydrogen) atoms. The maximum atomic E-state index is 2.46. The van der Waals surface area contributed by atoms with Gasteiger partial charge in [-0.1, -0.05) is 167 Å². The van der Waals surface area contributed by atoms with E-state index in [0.717, 1.165) is 0 Å². The summed E-state index contributed by atoms with van der Waals surface area (Å²) >= 11 is 0. The molecule has 0 radical (unpaired) electrons. The molecule has 0 aliphatic heterocycles. The van der Waals surface area contributed by atoms with Gasteiger partial charge in [0.15, 0.2) is 0 Å². The molecule has 0 saturated heterocycles. The molecule has 2 aliphatic carbocycles. The topological polar surface area (TPSA) is 0 Å². The molecular formula is C52H38. The van der Waals surface area contributed by atoms with Crippen molar-refractivity contribution >= 4 is 32.3 Å². The van der Waals surface area contributed by atoms with Gasteiger partial charge in [0.05, 0.1) is 0 Å². The molecule has 0 fully saturated rings. The minimum absolute atomic E-state index is 0.00921. The van der Waals surface area contributed by atoms with E-state index in [2.05, 4.69) is 185 Å². The van der Waals surface area contributed by atoms with Gasteiger partial charge in [0, 0.05) is 10.8 Å². The van der Waals surface area contributed by atoms with E-state index >= 15 is 0 Å². The number of hydrogen-bond donors (Lipinski definition) is 0. The third kappa shape index (κ3) is 3.98. The zero-order valence-electron chi connectivity index (χ0n) is 30.0. The molecule has 11 rings (SSSR count). The summed E-state index contributed by atoms with van der Waals surface area (Å²) < 4.78 is 0. The Balaban J connectivity index is 0.936. The van der Waals surface area contributed by atoms with E-state index in [1.165, 1.54) is 110 Å². The maximum absolute atomic E-state index is 2.46. The van der Waals surface area contributed by atoms with Crippen LogP contribution in [0.3, 0.4) is 0 Å². The third-order valence-corrected chi connectivity index (χ3v) is 12.7. The predicted octanol–water partition coefficient (Wildman–Crippen LogP) is 14.2. The fourth-order valence-electron chi connectivity index (χ4n) is 9.81. The molecule has 0 saturated carbocycles. The molecule has 246 valence electrons. The molecule has 0 unspecified atom stereocenters. The van der Waals surface area contributed by atoms with E-state index < -0.39 is 0 Å². The summed E-state index contributed by atoms with van der Waals surface area (Å²) in [6, 6.07) is 59.7. The average Bonchev–Trinajstić information content (AvgIpc) is 3.55. The molecule has 0 aromatic heterocycles. The fraction of sp³-hybridized carbons (Fsp3) is 0.115. The van der Waals surface area contributed by atoms with E-state index in [4.69, 9.17) is 0 Å². The lowest BCUT2D eigenvalue weighted by atomic mass is 9.80. The van der Waals surface area contributed by atoms with E-state index in [1.807, 2.05) is 0 Å².